The Hall–Kier alpha value is -1.43. The number of amides is 1. The zero-order chi connectivity index (χ0) is 14.7. The fraction of sp³-hybridized carbons (Fsp3) is 0.786. The van der Waals surface area contributed by atoms with E-state index in [1.807, 2.05) is 21.0 Å². The highest BCUT2D eigenvalue weighted by molar-refractivity contribution is 5.78. The van der Waals surface area contributed by atoms with Gasteiger partial charge < -0.3 is 9.32 Å². The van der Waals surface area contributed by atoms with Crippen molar-refractivity contribution >= 4 is 5.91 Å². The van der Waals surface area contributed by atoms with Gasteiger partial charge in [0.15, 0.2) is 0 Å². The molecule has 6 nitrogen and oxygen atoms in total. The van der Waals surface area contributed by atoms with Crippen molar-refractivity contribution in [2.24, 2.45) is 5.92 Å². The summed E-state index contributed by atoms with van der Waals surface area (Å²) in [6, 6.07) is 0.0700. The van der Waals surface area contributed by atoms with Crippen LogP contribution in [0.15, 0.2) is 4.42 Å². The van der Waals surface area contributed by atoms with E-state index in [0.29, 0.717) is 11.8 Å². The summed E-state index contributed by atoms with van der Waals surface area (Å²) >= 11 is 0. The van der Waals surface area contributed by atoms with E-state index < -0.39 is 0 Å². The van der Waals surface area contributed by atoms with Gasteiger partial charge in [-0.25, -0.2) is 0 Å². The highest BCUT2D eigenvalue weighted by atomic mass is 16.4. The molecule has 0 radical (unpaired) electrons. The summed E-state index contributed by atoms with van der Waals surface area (Å²) in [6.07, 6.45) is 2.75. The molecule has 2 rings (SSSR count). The third-order valence-electron chi connectivity index (χ3n) is 3.93. The Bertz CT molecular complexity index is 458. The van der Waals surface area contributed by atoms with Crippen LogP contribution in [-0.2, 0) is 11.2 Å². The molecule has 1 fully saturated rings. The monoisotopic (exact) mass is 280 g/mol. The number of aromatic nitrogens is 2. The lowest BCUT2D eigenvalue weighted by Gasteiger charge is -2.35. The number of aryl methyl sites for hydroxylation is 1. The van der Waals surface area contributed by atoms with Crippen LogP contribution < -0.4 is 0 Å². The Morgan fingerprint density at radius 1 is 1.50 bits per heavy atom. The van der Waals surface area contributed by atoms with Gasteiger partial charge in [0.1, 0.15) is 0 Å². The molecule has 0 bridgehead atoms. The molecule has 2 atom stereocenters. The average Bonchev–Trinajstić information content (AvgIpc) is 2.94. The van der Waals surface area contributed by atoms with Gasteiger partial charge in [0.25, 0.3) is 0 Å². The van der Waals surface area contributed by atoms with Gasteiger partial charge in [-0.1, -0.05) is 6.92 Å². The average molecular weight is 280 g/mol. The Kier molecular flexibility index (Phi) is 4.75. The normalized spacial score (nSPS) is 21.7. The Morgan fingerprint density at radius 3 is 2.85 bits per heavy atom. The standard InChI is InChI=1S/C14H24N4O2/c1-5-12-15-16-13(20-12)10(2)18-8-6-7-11(9-18)14(19)17(3)4/h10-11H,5-9H2,1-4H3. The molecule has 6 heteroatoms. The van der Waals surface area contributed by atoms with Crippen molar-refractivity contribution in [1.82, 2.24) is 20.0 Å². The first-order chi connectivity index (χ1) is 9.52. The van der Waals surface area contributed by atoms with E-state index in [-0.39, 0.29) is 17.9 Å². The highest BCUT2D eigenvalue weighted by Gasteiger charge is 2.31. The van der Waals surface area contributed by atoms with Gasteiger partial charge in [0.05, 0.1) is 12.0 Å². The second kappa shape index (κ2) is 6.35. The first-order valence-electron chi connectivity index (χ1n) is 7.30. The van der Waals surface area contributed by atoms with Crippen LogP contribution in [0.3, 0.4) is 0 Å². The van der Waals surface area contributed by atoms with E-state index in [9.17, 15) is 4.79 Å². The van der Waals surface area contributed by atoms with Crippen LogP contribution in [0.25, 0.3) is 0 Å². The molecule has 0 aliphatic carbocycles. The predicted octanol–water partition coefficient (Wildman–Crippen LogP) is 1.49. The second-order valence-corrected chi connectivity index (χ2v) is 5.63. The molecule has 1 aliphatic rings. The van der Waals surface area contributed by atoms with Crippen LogP contribution in [0.1, 0.15) is 44.5 Å². The maximum Gasteiger partial charge on any atom is 0.233 e. The van der Waals surface area contributed by atoms with Crippen LogP contribution in [0.5, 0.6) is 0 Å². The van der Waals surface area contributed by atoms with Gasteiger partial charge in [-0.3, -0.25) is 9.69 Å². The zero-order valence-electron chi connectivity index (χ0n) is 12.8. The van der Waals surface area contributed by atoms with Crippen molar-refractivity contribution in [3.63, 3.8) is 0 Å². The molecule has 112 valence electrons. The number of hydrogen-bond donors (Lipinski definition) is 0. The second-order valence-electron chi connectivity index (χ2n) is 5.63. The first kappa shape index (κ1) is 15.0. The van der Waals surface area contributed by atoms with Gasteiger partial charge in [0.2, 0.25) is 17.7 Å². The molecular formula is C14H24N4O2. The van der Waals surface area contributed by atoms with Crippen LogP contribution in [0.4, 0.5) is 0 Å². The Labute approximate surface area is 120 Å². The lowest BCUT2D eigenvalue weighted by atomic mass is 9.95. The number of carbonyl (C=O) groups is 1. The van der Waals surface area contributed by atoms with E-state index in [0.717, 1.165) is 32.4 Å². The van der Waals surface area contributed by atoms with Crippen molar-refractivity contribution in [3.8, 4) is 0 Å². The van der Waals surface area contributed by atoms with Crippen molar-refractivity contribution < 1.29 is 9.21 Å². The van der Waals surface area contributed by atoms with Crippen LogP contribution >= 0.6 is 0 Å². The third kappa shape index (κ3) is 3.17. The first-order valence-corrected chi connectivity index (χ1v) is 7.30. The summed E-state index contributed by atoms with van der Waals surface area (Å²) in [7, 11) is 3.63. The molecule has 1 aromatic heterocycles. The maximum atomic E-state index is 12.1. The molecule has 0 spiro atoms. The number of piperidine rings is 1. The zero-order valence-corrected chi connectivity index (χ0v) is 12.8. The lowest BCUT2D eigenvalue weighted by Crippen LogP contribution is -2.43. The predicted molar refractivity (Wildman–Crippen MR) is 75.1 cm³/mol. The molecule has 1 aromatic rings. The Balaban J connectivity index is 2.02. The lowest BCUT2D eigenvalue weighted by molar-refractivity contribution is -0.135. The van der Waals surface area contributed by atoms with E-state index in [1.54, 1.807) is 4.90 Å². The van der Waals surface area contributed by atoms with E-state index in [4.69, 9.17) is 4.42 Å². The van der Waals surface area contributed by atoms with Gasteiger partial charge in [-0.05, 0) is 26.3 Å². The molecule has 0 N–H and O–H groups in total. The minimum atomic E-state index is 0.0700. The van der Waals surface area contributed by atoms with Crippen LogP contribution in [0, 0.1) is 5.92 Å². The molecular weight excluding hydrogens is 256 g/mol. The number of carbonyl (C=O) groups excluding carboxylic acids is 1. The Morgan fingerprint density at radius 2 is 2.25 bits per heavy atom. The van der Waals surface area contributed by atoms with Gasteiger partial charge in [0, 0.05) is 27.1 Å². The summed E-state index contributed by atoms with van der Waals surface area (Å²) in [4.78, 5) is 16.0. The van der Waals surface area contributed by atoms with Crippen LogP contribution in [-0.4, -0.2) is 53.1 Å². The van der Waals surface area contributed by atoms with E-state index in [2.05, 4.69) is 22.0 Å². The third-order valence-corrected chi connectivity index (χ3v) is 3.93. The number of hydrogen-bond acceptors (Lipinski definition) is 5. The minimum absolute atomic E-state index is 0.0700. The molecule has 0 saturated carbocycles. The molecule has 2 heterocycles. The molecule has 1 saturated heterocycles. The molecule has 20 heavy (non-hydrogen) atoms. The summed E-state index contributed by atoms with van der Waals surface area (Å²) in [5.41, 5.74) is 0. The fourth-order valence-electron chi connectivity index (χ4n) is 2.66. The molecule has 1 amide bonds. The molecule has 0 aromatic carbocycles. The summed E-state index contributed by atoms with van der Waals surface area (Å²) in [6.45, 7) is 5.80. The summed E-state index contributed by atoms with van der Waals surface area (Å²) in [5.74, 6) is 1.61. The summed E-state index contributed by atoms with van der Waals surface area (Å²) < 4.78 is 5.63. The molecule has 2 unspecified atom stereocenters. The van der Waals surface area contributed by atoms with Crippen molar-refractivity contribution in [1.29, 1.82) is 0 Å². The number of nitrogens with zero attached hydrogens (tertiary/aromatic N) is 4. The smallest absolute Gasteiger partial charge is 0.233 e. The topological polar surface area (TPSA) is 62.5 Å². The maximum absolute atomic E-state index is 12.1. The SMILES string of the molecule is CCc1nnc(C(C)N2CCCC(C(=O)N(C)C)C2)o1. The van der Waals surface area contributed by atoms with Crippen LogP contribution in [0.2, 0.25) is 0 Å². The summed E-state index contributed by atoms with van der Waals surface area (Å²) in [5, 5.41) is 8.13. The van der Waals surface area contributed by atoms with Gasteiger partial charge in [-0.15, -0.1) is 10.2 Å². The minimum Gasteiger partial charge on any atom is -0.424 e. The molecule has 1 aliphatic heterocycles. The van der Waals surface area contributed by atoms with E-state index in [1.165, 1.54) is 0 Å². The van der Waals surface area contributed by atoms with Gasteiger partial charge in [-0.2, -0.15) is 0 Å². The number of rotatable bonds is 4. The fourth-order valence-corrected chi connectivity index (χ4v) is 2.66. The highest BCUT2D eigenvalue weighted by Crippen LogP contribution is 2.26. The van der Waals surface area contributed by atoms with Crippen molar-refractivity contribution in [2.45, 2.75) is 39.2 Å². The van der Waals surface area contributed by atoms with Crippen molar-refractivity contribution in [2.75, 3.05) is 27.2 Å². The number of likely N-dealkylation sites (tertiary alicyclic amines) is 1. The van der Waals surface area contributed by atoms with Gasteiger partial charge >= 0.3 is 0 Å². The van der Waals surface area contributed by atoms with Crippen molar-refractivity contribution in [3.05, 3.63) is 11.8 Å². The quantitative estimate of drug-likeness (QED) is 0.836. The largest absolute Gasteiger partial charge is 0.424 e. The van der Waals surface area contributed by atoms with E-state index >= 15 is 0 Å².